The Kier molecular flexibility index (Phi) is 8.02. The zero-order chi connectivity index (χ0) is 18.1. The lowest BCUT2D eigenvalue weighted by Gasteiger charge is -2.16. The second kappa shape index (κ2) is 9.75. The number of carbonyl (C=O) groups excluding carboxylic acids is 1. The number of benzene rings is 1. The first kappa shape index (κ1) is 19.7. The van der Waals surface area contributed by atoms with Gasteiger partial charge in [-0.1, -0.05) is 13.0 Å². The molecule has 0 aliphatic heterocycles. The fourth-order valence-electron chi connectivity index (χ4n) is 2.08. The lowest BCUT2D eigenvalue weighted by molar-refractivity contribution is -0.158. The minimum atomic E-state index is -3.18. The molecule has 2 atom stereocenters. The van der Waals surface area contributed by atoms with Crippen molar-refractivity contribution < 1.29 is 31.8 Å². The summed E-state index contributed by atoms with van der Waals surface area (Å²) in [5.41, 5.74) is -0.363. The van der Waals surface area contributed by atoms with Crippen LogP contribution in [0.3, 0.4) is 0 Å². The molecule has 0 aliphatic rings. The summed E-state index contributed by atoms with van der Waals surface area (Å²) in [6.45, 7) is -1.47. The maximum atomic E-state index is 13.9. The van der Waals surface area contributed by atoms with Crippen molar-refractivity contribution in [1.29, 1.82) is 5.26 Å². The van der Waals surface area contributed by atoms with Crippen molar-refractivity contribution in [3.8, 4) is 11.8 Å². The van der Waals surface area contributed by atoms with Gasteiger partial charge in [-0.3, -0.25) is 4.79 Å². The molecule has 0 aromatic heterocycles. The van der Waals surface area contributed by atoms with Gasteiger partial charge in [0.2, 0.25) is 6.36 Å². The first-order valence-electron chi connectivity index (χ1n) is 7.35. The molecule has 0 bridgehead atoms. The third kappa shape index (κ3) is 6.07. The van der Waals surface area contributed by atoms with Gasteiger partial charge in [-0.2, -0.15) is 14.0 Å². The van der Waals surface area contributed by atoms with Crippen molar-refractivity contribution in [3.63, 3.8) is 0 Å². The molecule has 0 saturated carbocycles. The van der Waals surface area contributed by atoms with E-state index >= 15 is 0 Å². The van der Waals surface area contributed by atoms with Crippen molar-refractivity contribution in [1.82, 2.24) is 0 Å². The average molecular weight is 347 g/mol. The molecule has 0 fully saturated rings. The molecule has 1 aromatic rings. The first-order valence-corrected chi connectivity index (χ1v) is 7.35. The molecule has 1 rings (SSSR count). The zero-order valence-electron chi connectivity index (χ0n) is 13.0. The molecule has 0 spiro atoms. The Morgan fingerprint density at radius 3 is 2.58 bits per heavy atom. The number of ether oxygens (including phenoxy) is 2. The quantitative estimate of drug-likeness (QED) is 0.489. The van der Waals surface area contributed by atoms with Crippen molar-refractivity contribution in [2.45, 2.75) is 51.5 Å². The molecule has 0 radical (unpaired) electrons. The topological polar surface area (TPSA) is 59.3 Å². The van der Waals surface area contributed by atoms with Crippen LogP contribution in [0.4, 0.5) is 17.6 Å². The molecule has 0 saturated heterocycles. The zero-order valence-corrected chi connectivity index (χ0v) is 13.0. The van der Waals surface area contributed by atoms with Gasteiger partial charge in [0.25, 0.3) is 0 Å². The number of hydrogen-bond acceptors (Lipinski definition) is 4. The van der Waals surface area contributed by atoms with E-state index in [1.807, 2.05) is 0 Å². The predicted molar refractivity (Wildman–Crippen MR) is 76.5 cm³/mol. The molecule has 8 heteroatoms. The van der Waals surface area contributed by atoms with E-state index in [1.165, 1.54) is 0 Å². The molecular weight excluding hydrogens is 330 g/mol. The Morgan fingerprint density at radius 2 is 2.00 bits per heavy atom. The summed E-state index contributed by atoms with van der Waals surface area (Å²) in [6.07, 6.45) is -1.78. The number of nitriles is 1. The summed E-state index contributed by atoms with van der Waals surface area (Å²) in [5, 5.41) is 9.16. The van der Waals surface area contributed by atoms with Gasteiger partial charge in [-0.05, 0) is 25.0 Å². The molecule has 24 heavy (non-hydrogen) atoms. The molecule has 4 nitrogen and oxygen atoms in total. The van der Waals surface area contributed by atoms with Gasteiger partial charge in [0.15, 0.2) is 0 Å². The van der Waals surface area contributed by atoms with E-state index in [-0.39, 0.29) is 24.8 Å². The lowest BCUT2D eigenvalue weighted by Crippen LogP contribution is -2.15. The predicted octanol–water partition coefficient (Wildman–Crippen LogP) is 4.45. The number of esters is 1. The molecule has 1 aromatic carbocycles. The highest BCUT2D eigenvalue weighted by atomic mass is 19.3. The van der Waals surface area contributed by atoms with E-state index in [2.05, 4.69) is 9.47 Å². The summed E-state index contributed by atoms with van der Waals surface area (Å²) in [4.78, 5) is 11.5. The molecule has 0 amide bonds. The molecule has 0 N–H and O–H groups in total. The number of nitrogens with zero attached hydrogens (tertiary/aromatic N) is 1. The van der Waals surface area contributed by atoms with Gasteiger partial charge in [-0.25, -0.2) is 8.78 Å². The van der Waals surface area contributed by atoms with Gasteiger partial charge < -0.3 is 9.47 Å². The number of carbonyl (C=O) groups is 1. The van der Waals surface area contributed by atoms with Gasteiger partial charge in [0, 0.05) is 18.4 Å². The van der Waals surface area contributed by atoms with Crippen LogP contribution < -0.4 is 4.74 Å². The maximum Gasteiger partial charge on any atom is 0.387 e. The average Bonchev–Trinajstić information content (AvgIpc) is 2.49. The molecule has 2 unspecified atom stereocenters. The SMILES string of the molecule is CCCC(F)OC(=O)CCC(C#N)c1c(F)cccc1OC(F)F. The lowest BCUT2D eigenvalue weighted by atomic mass is 9.94. The monoisotopic (exact) mass is 347 g/mol. The Bertz CT molecular complexity index is 589. The summed E-state index contributed by atoms with van der Waals surface area (Å²) >= 11 is 0. The van der Waals surface area contributed by atoms with Gasteiger partial charge in [-0.15, -0.1) is 0 Å². The van der Waals surface area contributed by atoms with Crippen molar-refractivity contribution in [3.05, 3.63) is 29.6 Å². The molecule has 0 aliphatic carbocycles. The van der Waals surface area contributed by atoms with Gasteiger partial charge >= 0.3 is 12.6 Å². The second-order valence-electron chi connectivity index (χ2n) is 4.94. The van der Waals surface area contributed by atoms with Crippen LogP contribution in [0.5, 0.6) is 5.75 Å². The highest BCUT2D eigenvalue weighted by Gasteiger charge is 2.24. The Hall–Kier alpha value is -2.30. The van der Waals surface area contributed by atoms with Crippen molar-refractivity contribution in [2.75, 3.05) is 0 Å². The van der Waals surface area contributed by atoms with Gasteiger partial charge in [0.05, 0.1) is 12.0 Å². The highest BCUT2D eigenvalue weighted by molar-refractivity contribution is 5.69. The van der Waals surface area contributed by atoms with Crippen molar-refractivity contribution >= 4 is 5.97 Å². The van der Waals surface area contributed by atoms with Crippen LogP contribution in [0.2, 0.25) is 0 Å². The first-order chi connectivity index (χ1) is 11.4. The smallest absolute Gasteiger partial charge is 0.387 e. The largest absolute Gasteiger partial charge is 0.434 e. The molecule has 132 valence electrons. The second-order valence-corrected chi connectivity index (χ2v) is 4.94. The van der Waals surface area contributed by atoms with Crippen LogP contribution in [-0.2, 0) is 9.53 Å². The number of rotatable bonds is 9. The van der Waals surface area contributed by atoms with Crippen LogP contribution in [0.15, 0.2) is 18.2 Å². The number of alkyl halides is 3. The Labute approximate surface area is 137 Å². The third-order valence-corrected chi connectivity index (χ3v) is 3.15. The summed E-state index contributed by atoms with van der Waals surface area (Å²) in [5.74, 6) is -3.47. The van der Waals surface area contributed by atoms with E-state index in [1.54, 1.807) is 13.0 Å². The summed E-state index contributed by atoms with van der Waals surface area (Å²) in [6, 6.07) is 5.00. The van der Waals surface area contributed by atoms with Crippen LogP contribution >= 0.6 is 0 Å². The third-order valence-electron chi connectivity index (χ3n) is 3.15. The fraction of sp³-hybridized carbons (Fsp3) is 0.500. The number of hydrogen-bond donors (Lipinski definition) is 0. The van der Waals surface area contributed by atoms with E-state index in [0.29, 0.717) is 6.42 Å². The van der Waals surface area contributed by atoms with E-state index < -0.39 is 36.4 Å². The van der Waals surface area contributed by atoms with Gasteiger partial charge in [0.1, 0.15) is 11.6 Å². The van der Waals surface area contributed by atoms with Crippen LogP contribution in [0.1, 0.15) is 44.1 Å². The van der Waals surface area contributed by atoms with Crippen LogP contribution in [-0.4, -0.2) is 18.9 Å². The standard InChI is InChI=1S/C16H17F4NO3/c1-2-4-13(18)24-14(22)8-7-10(9-21)15-11(17)5-3-6-12(15)23-16(19)20/h3,5-6,10,13,16H,2,4,7-8H2,1H3. The summed E-state index contributed by atoms with van der Waals surface area (Å²) < 4.78 is 60.6. The number of halogens is 4. The normalized spacial score (nSPS) is 13.2. The van der Waals surface area contributed by atoms with Crippen molar-refractivity contribution in [2.24, 2.45) is 0 Å². The Morgan fingerprint density at radius 1 is 1.29 bits per heavy atom. The minimum Gasteiger partial charge on any atom is -0.434 e. The highest BCUT2D eigenvalue weighted by Crippen LogP contribution is 2.33. The molecular formula is C16H17F4NO3. The fourth-order valence-corrected chi connectivity index (χ4v) is 2.08. The van der Waals surface area contributed by atoms with Crippen LogP contribution in [0, 0.1) is 17.1 Å². The van der Waals surface area contributed by atoms with E-state index in [0.717, 1.165) is 18.2 Å². The molecule has 0 heterocycles. The minimum absolute atomic E-state index is 0.0487. The van der Waals surface area contributed by atoms with Crippen LogP contribution in [0.25, 0.3) is 0 Å². The summed E-state index contributed by atoms with van der Waals surface area (Å²) in [7, 11) is 0. The van der Waals surface area contributed by atoms with E-state index in [9.17, 15) is 22.4 Å². The van der Waals surface area contributed by atoms with E-state index in [4.69, 9.17) is 5.26 Å². The maximum absolute atomic E-state index is 13.9. The Balaban J connectivity index is 2.80.